The molecular weight excluding hydrogens is 106 g/mol. The van der Waals surface area contributed by atoms with E-state index >= 15 is 0 Å². The molecule has 8 heavy (non-hydrogen) atoms. The summed E-state index contributed by atoms with van der Waals surface area (Å²) >= 11 is 0. The van der Waals surface area contributed by atoms with E-state index in [9.17, 15) is 4.79 Å². The highest BCUT2D eigenvalue weighted by molar-refractivity contribution is 5.66. The van der Waals surface area contributed by atoms with Crippen LogP contribution in [0.3, 0.4) is 0 Å². The van der Waals surface area contributed by atoms with E-state index in [4.69, 9.17) is 5.11 Å². The van der Waals surface area contributed by atoms with Crippen LogP contribution in [-0.4, -0.2) is 11.1 Å². The number of hydrogen-bond donors (Lipinski definition) is 2. The second kappa shape index (κ2) is 6.43. The molecule has 0 spiro atoms. The van der Waals surface area contributed by atoms with Crippen LogP contribution in [0.15, 0.2) is 0 Å². The molecule has 0 atom stereocenters. The molecule has 0 saturated heterocycles. The SMILES string of the molecule is N.[CH2]CCCC(=O)O. The maximum absolute atomic E-state index is 9.73. The van der Waals surface area contributed by atoms with Gasteiger partial charge in [0.15, 0.2) is 0 Å². The highest BCUT2D eigenvalue weighted by atomic mass is 16.4. The van der Waals surface area contributed by atoms with Gasteiger partial charge in [0.25, 0.3) is 0 Å². The topological polar surface area (TPSA) is 72.3 Å². The lowest BCUT2D eigenvalue weighted by Gasteiger charge is -1.85. The zero-order valence-electron chi connectivity index (χ0n) is 4.89. The molecule has 0 aliphatic heterocycles. The monoisotopic (exact) mass is 118 g/mol. The third-order valence-corrected chi connectivity index (χ3v) is 0.641. The van der Waals surface area contributed by atoms with Crippen LogP contribution in [0.25, 0.3) is 0 Å². The van der Waals surface area contributed by atoms with Crippen molar-refractivity contribution in [1.29, 1.82) is 0 Å². The molecule has 0 fully saturated rings. The summed E-state index contributed by atoms with van der Waals surface area (Å²) in [6, 6.07) is 0. The van der Waals surface area contributed by atoms with Crippen molar-refractivity contribution in [1.82, 2.24) is 6.15 Å². The largest absolute Gasteiger partial charge is 0.481 e. The van der Waals surface area contributed by atoms with Crippen LogP contribution in [-0.2, 0) is 4.79 Å². The first-order chi connectivity index (χ1) is 3.27. The lowest BCUT2D eigenvalue weighted by Crippen LogP contribution is -1.91. The lowest BCUT2D eigenvalue weighted by molar-refractivity contribution is -0.137. The molecule has 1 radical (unpaired) electrons. The van der Waals surface area contributed by atoms with Gasteiger partial charge in [-0.05, 0) is 6.42 Å². The van der Waals surface area contributed by atoms with E-state index in [1.165, 1.54) is 0 Å². The van der Waals surface area contributed by atoms with Crippen LogP contribution in [0.4, 0.5) is 0 Å². The molecule has 0 bridgehead atoms. The number of carbonyl (C=O) groups is 1. The Hall–Kier alpha value is -0.570. The quantitative estimate of drug-likeness (QED) is 0.585. The molecule has 0 aliphatic carbocycles. The summed E-state index contributed by atoms with van der Waals surface area (Å²) in [6.45, 7) is 3.49. The first-order valence-corrected chi connectivity index (χ1v) is 2.28. The average molecular weight is 118 g/mol. The predicted octanol–water partition coefficient (Wildman–Crippen LogP) is 1.24. The average Bonchev–Trinajstić information content (AvgIpc) is 1.61. The molecule has 0 aromatic rings. The molecule has 0 aliphatic rings. The summed E-state index contributed by atoms with van der Waals surface area (Å²) in [5.41, 5.74) is 0. The van der Waals surface area contributed by atoms with E-state index < -0.39 is 5.97 Å². The van der Waals surface area contributed by atoms with Gasteiger partial charge in [-0.15, -0.1) is 0 Å². The van der Waals surface area contributed by atoms with Crippen molar-refractivity contribution in [3.8, 4) is 0 Å². The molecule has 3 heteroatoms. The number of unbranched alkanes of at least 4 members (excludes halogenated alkanes) is 1. The molecule has 4 N–H and O–H groups in total. The zero-order valence-corrected chi connectivity index (χ0v) is 4.89. The van der Waals surface area contributed by atoms with Crippen molar-refractivity contribution in [2.45, 2.75) is 19.3 Å². The van der Waals surface area contributed by atoms with E-state index in [0.29, 0.717) is 12.8 Å². The molecule has 3 nitrogen and oxygen atoms in total. The molecule has 0 aromatic carbocycles. The third-order valence-electron chi connectivity index (χ3n) is 0.641. The van der Waals surface area contributed by atoms with Crippen molar-refractivity contribution in [2.24, 2.45) is 0 Å². The molecule has 0 heterocycles. The van der Waals surface area contributed by atoms with E-state index in [1.807, 2.05) is 0 Å². The number of carboxylic acids is 1. The fourth-order valence-electron chi connectivity index (χ4n) is 0.276. The number of rotatable bonds is 3. The van der Waals surface area contributed by atoms with Crippen molar-refractivity contribution >= 4 is 5.97 Å². The Bertz CT molecular complexity index is 63.4. The van der Waals surface area contributed by atoms with Gasteiger partial charge in [0.1, 0.15) is 0 Å². The van der Waals surface area contributed by atoms with Crippen LogP contribution in [0.2, 0.25) is 0 Å². The van der Waals surface area contributed by atoms with Gasteiger partial charge in [0, 0.05) is 6.42 Å². The fraction of sp³-hybridized carbons (Fsp3) is 0.600. The Morgan fingerprint density at radius 1 is 1.62 bits per heavy atom. The molecular formula is C5H12NO2. The van der Waals surface area contributed by atoms with Gasteiger partial charge in [-0.25, -0.2) is 0 Å². The van der Waals surface area contributed by atoms with Crippen molar-refractivity contribution in [3.05, 3.63) is 6.92 Å². The van der Waals surface area contributed by atoms with E-state index in [2.05, 4.69) is 6.92 Å². The summed E-state index contributed by atoms with van der Waals surface area (Å²) < 4.78 is 0. The maximum atomic E-state index is 9.73. The van der Waals surface area contributed by atoms with Gasteiger partial charge < -0.3 is 11.3 Å². The van der Waals surface area contributed by atoms with Crippen molar-refractivity contribution in [3.63, 3.8) is 0 Å². The molecule has 0 saturated carbocycles. The Morgan fingerprint density at radius 2 is 2.12 bits per heavy atom. The minimum Gasteiger partial charge on any atom is -0.481 e. The zero-order chi connectivity index (χ0) is 5.70. The normalized spacial score (nSPS) is 7.62. The molecule has 0 unspecified atom stereocenters. The fourth-order valence-corrected chi connectivity index (χ4v) is 0.276. The van der Waals surface area contributed by atoms with Gasteiger partial charge in [0.05, 0.1) is 0 Å². The van der Waals surface area contributed by atoms with E-state index in [-0.39, 0.29) is 12.6 Å². The predicted molar refractivity (Wildman–Crippen MR) is 31.9 cm³/mol. The maximum Gasteiger partial charge on any atom is 0.303 e. The third kappa shape index (κ3) is 9.06. The summed E-state index contributed by atoms with van der Waals surface area (Å²) in [5, 5.41) is 8.02. The second-order valence-electron chi connectivity index (χ2n) is 1.35. The van der Waals surface area contributed by atoms with Crippen molar-refractivity contribution < 1.29 is 9.90 Å². The second-order valence-corrected chi connectivity index (χ2v) is 1.35. The van der Waals surface area contributed by atoms with Gasteiger partial charge >= 0.3 is 5.97 Å². The van der Waals surface area contributed by atoms with Gasteiger partial charge in [-0.2, -0.15) is 0 Å². The molecule has 0 aromatic heterocycles. The number of carboxylic acid groups (broad SMARTS) is 1. The van der Waals surface area contributed by atoms with Crippen LogP contribution >= 0.6 is 0 Å². The Balaban J connectivity index is 0. The van der Waals surface area contributed by atoms with Crippen LogP contribution < -0.4 is 6.15 Å². The molecule has 0 rings (SSSR count). The van der Waals surface area contributed by atoms with Crippen LogP contribution in [0.1, 0.15) is 19.3 Å². The Labute approximate surface area is 49.3 Å². The molecule has 49 valence electrons. The van der Waals surface area contributed by atoms with E-state index in [1.54, 1.807) is 0 Å². The minimum absolute atomic E-state index is 0. The molecule has 0 amide bonds. The van der Waals surface area contributed by atoms with Crippen LogP contribution in [0, 0.1) is 6.92 Å². The number of hydrogen-bond acceptors (Lipinski definition) is 2. The standard InChI is InChI=1S/C5H9O2.H3N/c1-2-3-4-5(6)7;/h1-4H2,(H,6,7);1H3. The van der Waals surface area contributed by atoms with Crippen molar-refractivity contribution in [2.75, 3.05) is 0 Å². The van der Waals surface area contributed by atoms with Gasteiger partial charge in [-0.1, -0.05) is 13.3 Å². The highest BCUT2D eigenvalue weighted by Gasteiger charge is 1.90. The minimum atomic E-state index is -0.733. The van der Waals surface area contributed by atoms with E-state index in [0.717, 1.165) is 0 Å². The summed E-state index contributed by atoms with van der Waals surface area (Å²) in [4.78, 5) is 9.73. The van der Waals surface area contributed by atoms with Crippen LogP contribution in [0.5, 0.6) is 0 Å². The Morgan fingerprint density at radius 3 is 2.25 bits per heavy atom. The first-order valence-electron chi connectivity index (χ1n) is 2.28. The summed E-state index contributed by atoms with van der Waals surface area (Å²) in [7, 11) is 0. The summed E-state index contributed by atoms with van der Waals surface area (Å²) in [6.07, 6.45) is 1.66. The lowest BCUT2D eigenvalue weighted by atomic mass is 10.3. The number of aliphatic carboxylic acids is 1. The first kappa shape index (κ1) is 10.4. The Kier molecular flexibility index (Phi) is 8.37. The van der Waals surface area contributed by atoms with Gasteiger partial charge in [0.2, 0.25) is 0 Å². The summed E-state index contributed by atoms with van der Waals surface area (Å²) in [5.74, 6) is -0.733. The highest BCUT2D eigenvalue weighted by Crippen LogP contribution is 1.90. The smallest absolute Gasteiger partial charge is 0.303 e. The van der Waals surface area contributed by atoms with Gasteiger partial charge in [-0.3, -0.25) is 4.79 Å².